The van der Waals surface area contributed by atoms with Gasteiger partial charge in [0.1, 0.15) is 0 Å². The molecule has 2 aromatic rings. The van der Waals surface area contributed by atoms with Crippen LogP contribution < -0.4 is 11.3 Å². The summed E-state index contributed by atoms with van der Waals surface area (Å²) in [4.78, 5) is 12.2. The summed E-state index contributed by atoms with van der Waals surface area (Å²) in [5.41, 5.74) is 5.82. The van der Waals surface area contributed by atoms with Crippen molar-refractivity contribution in [1.82, 2.24) is 9.78 Å². The third-order valence-corrected chi connectivity index (χ3v) is 3.54. The van der Waals surface area contributed by atoms with E-state index < -0.39 is 0 Å². The number of aryl methyl sites for hydroxylation is 1. The monoisotopic (exact) mass is 259 g/mol. The molecule has 0 spiro atoms. The maximum atomic E-state index is 12.2. The first-order chi connectivity index (χ1) is 9.03. The summed E-state index contributed by atoms with van der Waals surface area (Å²) in [5.74, 6) is 0. The Morgan fingerprint density at radius 1 is 1.32 bits per heavy atom. The number of fused-ring (bicyclic) bond motifs is 1. The second kappa shape index (κ2) is 5.53. The van der Waals surface area contributed by atoms with Crippen LogP contribution in [0.15, 0.2) is 35.3 Å². The van der Waals surface area contributed by atoms with E-state index in [-0.39, 0.29) is 11.0 Å². The average molecular weight is 259 g/mol. The van der Waals surface area contributed by atoms with E-state index in [9.17, 15) is 4.79 Å². The predicted molar refractivity (Wildman–Crippen MR) is 78.1 cm³/mol. The third-order valence-electron chi connectivity index (χ3n) is 3.54. The molecule has 0 saturated heterocycles. The fraction of sp³-hybridized carbons (Fsp3) is 0.467. The van der Waals surface area contributed by atoms with Crippen LogP contribution in [-0.4, -0.2) is 16.3 Å². The summed E-state index contributed by atoms with van der Waals surface area (Å²) in [7, 11) is 0. The van der Waals surface area contributed by atoms with Crippen LogP contribution in [0.3, 0.4) is 0 Å². The predicted octanol–water partition coefficient (Wildman–Crippen LogP) is 2.16. The van der Waals surface area contributed by atoms with E-state index in [0.717, 1.165) is 23.6 Å². The molecular formula is C15H21N3O. The molecule has 0 bridgehead atoms. The number of rotatable bonds is 5. The van der Waals surface area contributed by atoms with Crippen molar-refractivity contribution >= 4 is 10.8 Å². The van der Waals surface area contributed by atoms with E-state index in [1.807, 2.05) is 24.3 Å². The van der Waals surface area contributed by atoms with Gasteiger partial charge in [-0.15, -0.1) is 0 Å². The molecule has 4 nitrogen and oxygen atoms in total. The number of nitrogens with two attached hydrogens (primary N) is 1. The Morgan fingerprint density at radius 2 is 2.05 bits per heavy atom. The molecule has 19 heavy (non-hydrogen) atoms. The van der Waals surface area contributed by atoms with Crippen LogP contribution in [-0.2, 0) is 6.54 Å². The fourth-order valence-corrected chi connectivity index (χ4v) is 2.10. The normalized spacial score (nSPS) is 11.9. The lowest BCUT2D eigenvalue weighted by atomic mass is 9.88. The Hall–Kier alpha value is -1.68. The molecule has 0 aliphatic heterocycles. The molecule has 1 aromatic carbocycles. The van der Waals surface area contributed by atoms with E-state index in [2.05, 4.69) is 18.9 Å². The molecule has 0 radical (unpaired) electrons. The van der Waals surface area contributed by atoms with Gasteiger partial charge in [0.25, 0.3) is 5.56 Å². The average Bonchev–Trinajstić information content (AvgIpc) is 2.42. The molecule has 0 atom stereocenters. The van der Waals surface area contributed by atoms with Gasteiger partial charge in [-0.05, 0) is 30.9 Å². The smallest absolute Gasteiger partial charge is 0.274 e. The van der Waals surface area contributed by atoms with Gasteiger partial charge in [0.2, 0.25) is 0 Å². The second-order valence-corrected chi connectivity index (χ2v) is 5.73. The highest BCUT2D eigenvalue weighted by Gasteiger charge is 2.15. The lowest BCUT2D eigenvalue weighted by Gasteiger charge is -2.21. The Bertz CT molecular complexity index is 616. The minimum Gasteiger partial charge on any atom is -0.330 e. The van der Waals surface area contributed by atoms with Gasteiger partial charge in [-0.2, -0.15) is 5.10 Å². The molecule has 0 saturated carbocycles. The minimum atomic E-state index is -0.0105. The topological polar surface area (TPSA) is 60.9 Å². The van der Waals surface area contributed by atoms with Crippen molar-refractivity contribution in [3.05, 3.63) is 40.8 Å². The summed E-state index contributed by atoms with van der Waals surface area (Å²) in [6.07, 6.45) is 3.66. The fourth-order valence-electron chi connectivity index (χ4n) is 2.10. The summed E-state index contributed by atoms with van der Waals surface area (Å²) in [5, 5.41) is 5.85. The van der Waals surface area contributed by atoms with Gasteiger partial charge in [0.15, 0.2) is 0 Å². The highest BCUT2D eigenvalue weighted by molar-refractivity contribution is 5.80. The minimum absolute atomic E-state index is 0.0105. The zero-order valence-corrected chi connectivity index (χ0v) is 11.6. The Balaban J connectivity index is 2.14. The summed E-state index contributed by atoms with van der Waals surface area (Å²) in [6.45, 7) is 5.59. The van der Waals surface area contributed by atoms with E-state index in [1.54, 1.807) is 10.9 Å². The zero-order chi connectivity index (χ0) is 13.9. The molecule has 4 heteroatoms. The molecule has 0 amide bonds. The molecule has 0 unspecified atom stereocenters. The zero-order valence-electron chi connectivity index (χ0n) is 11.6. The van der Waals surface area contributed by atoms with Gasteiger partial charge < -0.3 is 5.73 Å². The number of aromatic nitrogens is 2. The molecule has 0 aliphatic rings. The SMILES string of the molecule is CC(C)(CN)CCCn1ncc2ccccc2c1=O. The van der Waals surface area contributed by atoms with Gasteiger partial charge in [-0.1, -0.05) is 32.0 Å². The molecule has 102 valence electrons. The van der Waals surface area contributed by atoms with Gasteiger partial charge >= 0.3 is 0 Å². The number of benzene rings is 1. The number of nitrogens with zero attached hydrogens (tertiary/aromatic N) is 2. The van der Waals surface area contributed by atoms with Crippen LogP contribution in [0.1, 0.15) is 26.7 Å². The van der Waals surface area contributed by atoms with Crippen LogP contribution in [0.5, 0.6) is 0 Å². The van der Waals surface area contributed by atoms with E-state index in [1.165, 1.54) is 0 Å². The Kier molecular flexibility index (Phi) is 4.00. The van der Waals surface area contributed by atoms with Crippen LogP contribution in [0.2, 0.25) is 0 Å². The second-order valence-electron chi connectivity index (χ2n) is 5.73. The first-order valence-corrected chi connectivity index (χ1v) is 6.68. The lowest BCUT2D eigenvalue weighted by molar-refractivity contribution is 0.322. The molecule has 0 aliphatic carbocycles. The highest BCUT2D eigenvalue weighted by atomic mass is 16.1. The van der Waals surface area contributed by atoms with Crippen molar-refractivity contribution in [3.63, 3.8) is 0 Å². The molecule has 2 N–H and O–H groups in total. The van der Waals surface area contributed by atoms with Crippen LogP contribution >= 0.6 is 0 Å². The van der Waals surface area contributed by atoms with Crippen LogP contribution in [0.25, 0.3) is 10.8 Å². The maximum absolute atomic E-state index is 12.2. The van der Waals surface area contributed by atoms with Gasteiger partial charge in [-0.25, -0.2) is 4.68 Å². The summed E-state index contributed by atoms with van der Waals surface area (Å²) >= 11 is 0. The Labute approximate surface area is 113 Å². The molecule has 0 fully saturated rings. The number of hydrogen-bond acceptors (Lipinski definition) is 3. The van der Waals surface area contributed by atoms with Crippen molar-refractivity contribution < 1.29 is 0 Å². The first kappa shape index (κ1) is 13.7. The quantitative estimate of drug-likeness (QED) is 0.895. The third kappa shape index (κ3) is 3.20. The highest BCUT2D eigenvalue weighted by Crippen LogP contribution is 2.20. The maximum Gasteiger partial charge on any atom is 0.274 e. The standard InChI is InChI=1S/C15H21N3O/c1-15(2,11-16)8-5-9-18-14(19)13-7-4-3-6-12(13)10-17-18/h3-4,6-7,10H,5,8-9,11,16H2,1-2H3. The van der Waals surface area contributed by atoms with Crippen molar-refractivity contribution in [2.75, 3.05) is 6.54 Å². The molecule has 1 heterocycles. The lowest BCUT2D eigenvalue weighted by Crippen LogP contribution is -2.26. The van der Waals surface area contributed by atoms with Crippen molar-refractivity contribution in [3.8, 4) is 0 Å². The van der Waals surface area contributed by atoms with Crippen molar-refractivity contribution in [1.29, 1.82) is 0 Å². The molecular weight excluding hydrogens is 238 g/mol. The number of hydrogen-bond donors (Lipinski definition) is 1. The summed E-state index contributed by atoms with van der Waals surface area (Å²) in [6, 6.07) is 7.55. The van der Waals surface area contributed by atoms with Crippen molar-refractivity contribution in [2.24, 2.45) is 11.1 Å². The van der Waals surface area contributed by atoms with E-state index in [0.29, 0.717) is 13.1 Å². The van der Waals surface area contributed by atoms with E-state index in [4.69, 9.17) is 5.73 Å². The van der Waals surface area contributed by atoms with Crippen LogP contribution in [0.4, 0.5) is 0 Å². The molecule has 1 aromatic heterocycles. The molecule has 2 rings (SSSR count). The largest absolute Gasteiger partial charge is 0.330 e. The van der Waals surface area contributed by atoms with Gasteiger partial charge in [0.05, 0.1) is 11.6 Å². The summed E-state index contributed by atoms with van der Waals surface area (Å²) < 4.78 is 1.55. The van der Waals surface area contributed by atoms with Gasteiger partial charge in [-0.3, -0.25) is 4.79 Å². The Morgan fingerprint density at radius 3 is 2.79 bits per heavy atom. The first-order valence-electron chi connectivity index (χ1n) is 6.68. The van der Waals surface area contributed by atoms with Crippen molar-refractivity contribution in [2.45, 2.75) is 33.2 Å². The van der Waals surface area contributed by atoms with Crippen LogP contribution in [0, 0.1) is 5.41 Å². The van der Waals surface area contributed by atoms with E-state index >= 15 is 0 Å². The van der Waals surface area contributed by atoms with Gasteiger partial charge in [0, 0.05) is 11.9 Å².